The molecule has 152 valence electrons. The normalized spacial score (nSPS) is 13.0. The van der Waals surface area contributed by atoms with Gasteiger partial charge in [-0.25, -0.2) is 4.79 Å². The molecule has 0 N–H and O–H groups in total. The fourth-order valence-electron chi connectivity index (χ4n) is 2.09. The molecule has 1 rings (SSSR count). The van der Waals surface area contributed by atoms with Crippen LogP contribution in [0.4, 0.5) is 13.2 Å². The smallest absolute Gasteiger partial charge is 0.464 e. The van der Waals surface area contributed by atoms with E-state index in [4.69, 9.17) is 9.47 Å². The molecule has 0 radical (unpaired) electrons. The molecule has 27 heavy (non-hydrogen) atoms. The van der Waals surface area contributed by atoms with E-state index in [2.05, 4.69) is 15.9 Å². The zero-order valence-corrected chi connectivity index (χ0v) is 17.5. The van der Waals surface area contributed by atoms with E-state index in [1.807, 2.05) is 0 Å². The Morgan fingerprint density at radius 2 is 1.81 bits per heavy atom. The highest BCUT2D eigenvalue weighted by molar-refractivity contribution is 9.10. The van der Waals surface area contributed by atoms with Crippen LogP contribution in [-0.2, 0) is 23.9 Å². The minimum Gasteiger partial charge on any atom is -0.464 e. The molecular weight excluding hydrogens is 455 g/mol. The first-order valence-electron chi connectivity index (χ1n) is 7.75. The zero-order valence-electron chi connectivity index (χ0n) is 15.1. The molecule has 0 bridgehead atoms. The van der Waals surface area contributed by atoms with Crippen LogP contribution in [0.5, 0.6) is 0 Å². The first-order chi connectivity index (χ1) is 12.3. The molecule has 1 heterocycles. The van der Waals surface area contributed by atoms with Crippen LogP contribution in [0.25, 0.3) is 0 Å². The van der Waals surface area contributed by atoms with Gasteiger partial charge in [0.25, 0.3) is 0 Å². The van der Waals surface area contributed by atoms with Gasteiger partial charge in [0, 0.05) is 15.4 Å². The zero-order chi connectivity index (χ0) is 21.0. The van der Waals surface area contributed by atoms with Gasteiger partial charge in [-0.2, -0.15) is 24.5 Å². The Morgan fingerprint density at radius 1 is 1.22 bits per heavy atom. The monoisotopic (exact) mass is 473 g/mol. The van der Waals surface area contributed by atoms with E-state index >= 15 is 0 Å². The third kappa shape index (κ3) is 6.80. The lowest BCUT2D eigenvalue weighted by atomic mass is 10.1. The lowest BCUT2D eigenvalue weighted by Crippen LogP contribution is -2.49. The molecular formula is C16H19BrF3NO5S. The van der Waals surface area contributed by atoms with E-state index in [0.29, 0.717) is 4.47 Å². The second-order valence-corrected chi connectivity index (χ2v) is 7.94. The quantitative estimate of drug-likeness (QED) is 0.586. The molecule has 0 fully saturated rings. The van der Waals surface area contributed by atoms with Gasteiger partial charge in [0.15, 0.2) is 6.04 Å². The highest BCUT2D eigenvalue weighted by Crippen LogP contribution is 2.34. The van der Waals surface area contributed by atoms with E-state index in [-0.39, 0.29) is 17.1 Å². The van der Waals surface area contributed by atoms with Gasteiger partial charge in [-0.05, 0) is 49.0 Å². The molecule has 0 aliphatic heterocycles. The number of rotatable bonds is 6. The van der Waals surface area contributed by atoms with Gasteiger partial charge in [-0.3, -0.25) is 9.59 Å². The van der Waals surface area contributed by atoms with Gasteiger partial charge in [0.1, 0.15) is 12.1 Å². The van der Waals surface area contributed by atoms with E-state index in [1.54, 1.807) is 0 Å². The van der Waals surface area contributed by atoms with Gasteiger partial charge < -0.3 is 14.4 Å². The van der Waals surface area contributed by atoms with Crippen LogP contribution in [0, 0.1) is 0 Å². The number of nitrogens with zero attached hydrogens (tertiary/aromatic N) is 1. The number of hydrogen-bond acceptors (Lipinski definition) is 6. The maximum atomic E-state index is 13.1. The minimum atomic E-state index is -5.30. The fourth-order valence-corrected chi connectivity index (χ4v) is 3.62. The van der Waals surface area contributed by atoms with Crippen molar-refractivity contribution in [1.29, 1.82) is 0 Å². The lowest BCUT2D eigenvalue weighted by Gasteiger charge is -2.31. The summed E-state index contributed by atoms with van der Waals surface area (Å²) >= 11 is 4.24. The molecule has 11 heteroatoms. The highest BCUT2D eigenvalue weighted by Gasteiger charge is 2.48. The van der Waals surface area contributed by atoms with Gasteiger partial charge in [-0.15, -0.1) is 0 Å². The lowest BCUT2D eigenvalue weighted by molar-refractivity contribution is -0.193. The van der Waals surface area contributed by atoms with Crippen molar-refractivity contribution in [2.24, 2.45) is 0 Å². The molecule has 1 aromatic heterocycles. The Kier molecular flexibility index (Phi) is 7.85. The van der Waals surface area contributed by atoms with Gasteiger partial charge in [0.05, 0.1) is 6.61 Å². The van der Waals surface area contributed by atoms with Crippen molar-refractivity contribution >= 4 is 45.1 Å². The number of esters is 2. The van der Waals surface area contributed by atoms with E-state index in [0.717, 1.165) is 11.3 Å². The summed E-state index contributed by atoms with van der Waals surface area (Å²) in [5, 5.41) is 2.93. The third-order valence-corrected chi connectivity index (χ3v) is 4.73. The Hall–Kier alpha value is -1.62. The van der Waals surface area contributed by atoms with Crippen LogP contribution >= 0.6 is 27.3 Å². The highest BCUT2D eigenvalue weighted by atomic mass is 79.9. The number of thiophene rings is 1. The average molecular weight is 474 g/mol. The summed E-state index contributed by atoms with van der Waals surface area (Å²) in [6.07, 6.45) is -5.30. The van der Waals surface area contributed by atoms with Crippen molar-refractivity contribution < 1.29 is 37.0 Å². The summed E-state index contributed by atoms with van der Waals surface area (Å²) in [4.78, 5) is 36.6. The largest absolute Gasteiger partial charge is 0.471 e. The van der Waals surface area contributed by atoms with Crippen LogP contribution in [-0.4, -0.2) is 47.7 Å². The first kappa shape index (κ1) is 23.4. The van der Waals surface area contributed by atoms with Gasteiger partial charge in [0.2, 0.25) is 0 Å². The van der Waals surface area contributed by atoms with Crippen molar-refractivity contribution in [3.8, 4) is 0 Å². The van der Waals surface area contributed by atoms with Crippen molar-refractivity contribution in [1.82, 2.24) is 4.90 Å². The van der Waals surface area contributed by atoms with Crippen LogP contribution in [0.1, 0.15) is 39.3 Å². The Morgan fingerprint density at radius 3 is 2.22 bits per heavy atom. The summed E-state index contributed by atoms with van der Waals surface area (Å²) in [5.41, 5.74) is -0.897. The number of hydrogen-bond donors (Lipinski definition) is 0. The predicted molar refractivity (Wildman–Crippen MR) is 95.0 cm³/mol. The number of ether oxygens (including phenoxy) is 2. The molecule has 0 spiro atoms. The molecule has 6 nitrogen and oxygen atoms in total. The number of amides is 1. The Labute approximate surface area is 166 Å². The van der Waals surface area contributed by atoms with Crippen LogP contribution in [0.15, 0.2) is 15.2 Å². The maximum absolute atomic E-state index is 13.1. The molecule has 1 amide bonds. The summed E-state index contributed by atoms with van der Waals surface area (Å²) in [5.74, 6) is -4.51. The number of carbonyl (C=O) groups excluding carboxylic acids is 3. The van der Waals surface area contributed by atoms with E-state index < -0.39 is 42.2 Å². The van der Waals surface area contributed by atoms with Gasteiger partial charge >= 0.3 is 24.0 Å². The molecule has 1 atom stereocenters. The molecule has 0 aliphatic rings. The van der Waals surface area contributed by atoms with Crippen molar-refractivity contribution in [2.75, 3.05) is 13.2 Å². The van der Waals surface area contributed by atoms with Crippen LogP contribution in [0.3, 0.4) is 0 Å². The van der Waals surface area contributed by atoms with Crippen molar-refractivity contribution in [3.63, 3.8) is 0 Å². The third-order valence-electron chi connectivity index (χ3n) is 2.98. The summed E-state index contributed by atoms with van der Waals surface area (Å²) in [7, 11) is 0. The molecule has 0 aromatic carbocycles. The molecule has 1 unspecified atom stereocenters. The number of alkyl halides is 3. The first-order valence-corrected chi connectivity index (χ1v) is 9.49. The van der Waals surface area contributed by atoms with Crippen LogP contribution < -0.4 is 0 Å². The van der Waals surface area contributed by atoms with Gasteiger partial charge in [-0.1, -0.05) is 0 Å². The van der Waals surface area contributed by atoms with Crippen molar-refractivity contribution in [3.05, 3.63) is 20.8 Å². The second kappa shape index (κ2) is 9.05. The maximum Gasteiger partial charge on any atom is 0.471 e. The summed E-state index contributed by atoms with van der Waals surface area (Å²) in [6.45, 7) is 4.87. The molecule has 0 saturated carbocycles. The second-order valence-electron chi connectivity index (χ2n) is 6.35. The van der Waals surface area contributed by atoms with Crippen LogP contribution in [0.2, 0.25) is 0 Å². The van der Waals surface area contributed by atoms with E-state index in [9.17, 15) is 27.6 Å². The molecule has 0 aliphatic carbocycles. The molecule has 1 aromatic rings. The predicted octanol–water partition coefficient (Wildman–Crippen LogP) is 3.85. The Balaban J connectivity index is 3.37. The standard InChI is InChI=1S/C16H19BrF3NO5S/c1-5-25-13(23)12(9-7-27-8-10(9)17)21(14(24)16(18,19)20)6-11(22)26-15(2,3)4/h7-8,12H,5-6H2,1-4H3. The Bertz CT molecular complexity index is 699. The minimum absolute atomic E-state index is 0.0830. The topological polar surface area (TPSA) is 72.9 Å². The summed E-state index contributed by atoms with van der Waals surface area (Å²) < 4.78 is 49.6. The van der Waals surface area contributed by atoms with E-state index in [1.165, 1.54) is 38.5 Å². The SMILES string of the molecule is CCOC(=O)C(c1cscc1Br)N(CC(=O)OC(C)(C)C)C(=O)C(F)(F)F. The molecule has 0 saturated heterocycles. The average Bonchev–Trinajstić information content (AvgIpc) is 2.89. The van der Waals surface area contributed by atoms with Crippen molar-refractivity contribution in [2.45, 2.75) is 45.5 Å². The number of carbonyl (C=O) groups is 3. The number of halogens is 4. The fraction of sp³-hybridized carbons (Fsp3) is 0.562. The summed E-state index contributed by atoms with van der Waals surface area (Å²) in [6, 6.07) is -1.76.